The lowest BCUT2D eigenvalue weighted by molar-refractivity contribution is -0.148. The minimum absolute atomic E-state index is 0.0336. The van der Waals surface area contributed by atoms with Crippen LogP contribution < -0.4 is 0 Å². The molecule has 102 valence electrons. The maximum Gasteiger partial charge on any atom is 0.320 e. The van der Waals surface area contributed by atoms with E-state index in [2.05, 4.69) is 0 Å². The number of hydrogen-bond donors (Lipinski definition) is 1. The van der Waals surface area contributed by atoms with E-state index in [0.717, 1.165) is 25.9 Å². The molecule has 0 aromatic heterocycles. The molecule has 2 rings (SSSR count). The monoisotopic (exact) mass is 254 g/mol. The van der Waals surface area contributed by atoms with Crippen molar-refractivity contribution in [3.8, 4) is 0 Å². The Morgan fingerprint density at radius 1 is 1.11 bits per heavy atom. The number of urea groups is 1. The van der Waals surface area contributed by atoms with Gasteiger partial charge in [-0.15, -0.1) is 0 Å². The van der Waals surface area contributed by atoms with E-state index in [0.29, 0.717) is 25.9 Å². The van der Waals surface area contributed by atoms with Gasteiger partial charge in [-0.05, 0) is 32.1 Å². The third kappa shape index (κ3) is 2.31. The molecule has 2 amide bonds. The fourth-order valence-corrected chi connectivity index (χ4v) is 2.94. The first-order valence-electron chi connectivity index (χ1n) is 6.86. The van der Waals surface area contributed by atoms with Gasteiger partial charge in [-0.25, -0.2) is 4.79 Å². The van der Waals surface area contributed by atoms with Crippen LogP contribution in [0.5, 0.6) is 0 Å². The Kier molecular flexibility index (Phi) is 3.78. The summed E-state index contributed by atoms with van der Waals surface area (Å²) in [5, 5.41) is 9.32. The number of carbonyl (C=O) groups is 2. The van der Waals surface area contributed by atoms with Crippen molar-refractivity contribution in [2.24, 2.45) is 5.41 Å². The van der Waals surface area contributed by atoms with E-state index in [1.807, 2.05) is 11.8 Å². The number of hydrogen-bond acceptors (Lipinski definition) is 2. The van der Waals surface area contributed by atoms with Crippen LogP contribution >= 0.6 is 0 Å². The first kappa shape index (κ1) is 13.2. The lowest BCUT2D eigenvalue weighted by atomic mass is 9.84. The van der Waals surface area contributed by atoms with E-state index < -0.39 is 11.4 Å². The van der Waals surface area contributed by atoms with Gasteiger partial charge in [0.25, 0.3) is 0 Å². The molecule has 0 radical (unpaired) electrons. The summed E-state index contributed by atoms with van der Waals surface area (Å²) < 4.78 is 0. The highest BCUT2D eigenvalue weighted by Crippen LogP contribution is 2.34. The van der Waals surface area contributed by atoms with Gasteiger partial charge in [-0.1, -0.05) is 6.92 Å². The van der Waals surface area contributed by atoms with E-state index in [1.165, 1.54) is 6.42 Å². The minimum Gasteiger partial charge on any atom is -0.481 e. The smallest absolute Gasteiger partial charge is 0.320 e. The second-order valence-corrected chi connectivity index (χ2v) is 5.44. The molecule has 18 heavy (non-hydrogen) atoms. The number of amides is 2. The highest BCUT2D eigenvalue weighted by atomic mass is 16.4. The molecule has 1 unspecified atom stereocenters. The van der Waals surface area contributed by atoms with Crippen molar-refractivity contribution in [1.29, 1.82) is 0 Å². The van der Waals surface area contributed by atoms with Crippen LogP contribution in [-0.2, 0) is 4.79 Å². The molecule has 5 heteroatoms. The Hall–Kier alpha value is -1.26. The molecule has 1 atom stereocenters. The largest absolute Gasteiger partial charge is 0.481 e. The lowest BCUT2D eigenvalue weighted by Crippen LogP contribution is -2.46. The van der Waals surface area contributed by atoms with E-state index in [9.17, 15) is 14.7 Å². The maximum atomic E-state index is 12.3. The number of aliphatic carboxylic acids is 1. The summed E-state index contributed by atoms with van der Waals surface area (Å²) in [7, 11) is 0. The Bertz CT molecular complexity index is 339. The average molecular weight is 254 g/mol. The molecule has 0 saturated carbocycles. The zero-order valence-electron chi connectivity index (χ0n) is 11.0. The first-order chi connectivity index (χ1) is 8.59. The highest BCUT2D eigenvalue weighted by molar-refractivity contribution is 5.79. The van der Waals surface area contributed by atoms with E-state index >= 15 is 0 Å². The number of nitrogens with zero attached hydrogens (tertiary/aromatic N) is 2. The lowest BCUT2D eigenvalue weighted by Gasteiger charge is -2.31. The van der Waals surface area contributed by atoms with Crippen LogP contribution in [0.1, 0.15) is 39.0 Å². The number of rotatable bonds is 2. The maximum absolute atomic E-state index is 12.3. The predicted molar refractivity (Wildman–Crippen MR) is 67.4 cm³/mol. The van der Waals surface area contributed by atoms with Crippen LogP contribution in [0.25, 0.3) is 0 Å². The summed E-state index contributed by atoms with van der Waals surface area (Å²) in [5.74, 6) is -0.765. The van der Waals surface area contributed by atoms with Gasteiger partial charge in [0.1, 0.15) is 0 Å². The average Bonchev–Trinajstić information content (AvgIpc) is 2.84. The molecule has 2 fully saturated rings. The fourth-order valence-electron chi connectivity index (χ4n) is 2.94. The summed E-state index contributed by atoms with van der Waals surface area (Å²) in [6.07, 6.45) is 4.50. The molecule has 0 bridgehead atoms. The third-order valence-corrected chi connectivity index (χ3v) is 4.38. The van der Waals surface area contributed by atoms with Crippen molar-refractivity contribution in [2.45, 2.75) is 39.0 Å². The Morgan fingerprint density at radius 3 is 2.28 bits per heavy atom. The van der Waals surface area contributed by atoms with Gasteiger partial charge in [0.15, 0.2) is 0 Å². The standard InChI is InChI=1S/C13H22N2O3/c1-2-13(11(16)17)6-9-15(10-13)12(18)14-7-4-3-5-8-14/h2-10H2,1H3,(H,16,17). The molecule has 1 N–H and O–H groups in total. The van der Waals surface area contributed by atoms with Crippen molar-refractivity contribution in [2.75, 3.05) is 26.2 Å². The van der Waals surface area contributed by atoms with Crippen molar-refractivity contribution >= 4 is 12.0 Å². The second-order valence-electron chi connectivity index (χ2n) is 5.44. The van der Waals surface area contributed by atoms with Gasteiger partial charge >= 0.3 is 12.0 Å². The van der Waals surface area contributed by atoms with E-state index in [1.54, 1.807) is 4.90 Å². The molecule has 0 aliphatic carbocycles. The molecule has 2 aliphatic heterocycles. The van der Waals surface area contributed by atoms with E-state index in [4.69, 9.17) is 0 Å². The minimum atomic E-state index is -0.765. The van der Waals surface area contributed by atoms with Crippen LogP contribution in [0, 0.1) is 5.41 Å². The van der Waals surface area contributed by atoms with Crippen molar-refractivity contribution in [3.63, 3.8) is 0 Å². The summed E-state index contributed by atoms with van der Waals surface area (Å²) >= 11 is 0. The number of likely N-dealkylation sites (tertiary alicyclic amines) is 2. The Balaban J connectivity index is 1.99. The molecule has 0 spiro atoms. The molecular formula is C13H22N2O3. The number of piperidine rings is 1. The topological polar surface area (TPSA) is 60.9 Å². The number of carbonyl (C=O) groups excluding carboxylic acids is 1. The molecular weight excluding hydrogens is 232 g/mol. The van der Waals surface area contributed by atoms with Gasteiger partial charge in [0, 0.05) is 26.2 Å². The van der Waals surface area contributed by atoms with E-state index in [-0.39, 0.29) is 6.03 Å². The highest BCUT2D eigenvalue weighted by Gasteiger charge is 2.45. The van der Waals surface area contributed by atoms with Gasteiger partial charge in [-0.2, -0.15) is 0 Å². The normalized spacial score (nSPS) is 28.5. The number of carboxylic acids is 1. The SMILES string of the molecule is CCC1(C(=O)O)CCN(C(=O)N2CCCCC2)C1. The zero-order valence-corrected chi connectivity index (χ0v) is 11.0. The molecule has 0 aromatic carbocycles. The Labute approximate surface area is 108 Å². The second kappa shape index (κ2) is 5.16. The van der Waals surface area contributed by atoms with Crippen LogP contribution in [-0.4, -0.2) is 53.1 Å². The zero-order chi connectivity index (χ0) is 13.2. The molecule has 0 aromatic rings. The summed E-state index contributed by atoms with van der Waals surface area (Å²) in [5.41, 5.74) is -0.717. The van der Waals surface area contributed by atoms with Crippen molar-refractivity contribution in [1.82, 2.24) is 9.80 Å². The van der Waals surface area contributed by atoms with Crippen LogP contribution in [0.2, 0.25) is 0 Å². The Morgan fingerprint density at radius 2 is 1.78 bits per heavy atom. The summed E-state index contributed by atoms with van der Waals surface area (Å²) in [6, 6.07) is 0.0336. The van der Waals surface area contributed by atoms with Crippen LogP contribution in [0.4, 0.5) is 4.79 Å². The van der Waals surface area contributed by atoms with Gasteiger partial charge < -0.3 is 14.9 Å². The molecule has 2 aliphatic rings. The van der Waals surface area contributed by atoms with Crippen molar-refractivity contribution < 1.29 is 14.7 Å². The quantitative estimate of drug-likeness (QED) is 0.817. The predicted octanol–water partition coefficient (Wildman–Crippen LogP) is 1.78. The fraction of sp³-hybridized carbons (Fsp3) is 0.846. The van der Waals surface area contributed by atoms with Gasteiger partial charge in [-0.3, -0.25) is 4.79 Å². The van der Waals surface area contributed by atoms with Crippen LogP contribution in [0.3, 0.4) is 0 Å². The summed E-state index contributed by atoms with van der Waals surface area (Å²) in [4.78, 5) is 27.2. The van der Waals surface area contributed by atoms with Crippen molar-refractivity contribution in [3.05, 3.63) is 0 Å². The first-order valence-corrected chi connectivity index (χ1v) is 6.86. The molecule has 2 saturated heterocycles. The van der Waals surface area contributed by atoms with Crippen LogP contribution in [0.15, 0.2) is 0 Å². The summed E-state index contributed by atoms with van der Waals surface area (Å²) in [6.45, 7) is 4.48. The number of carboxylic acid groups (broad SMARTS) is 1. The molecule has 2 heterocycles. The van der Waals surface area contributed by atoms with Gasteiger partial charge in [0.05, 0.1) is 5.41 Å². The molecule has 5 nitrogen and oxygen atoms in total. The third-order valence-electron chi connectivity index (χ3n) is 4.38. The van der Waals surface area contributed by atoms with Gasteiger partial charge in [0.2, 0.25) is 0 Å².